The van der Waals surface area contributed by atoms with Crippen LogP contribution >= 0.6 is 0 Å². The van der Waals surface area contributed by atoms with E-state index in [9.17, 15) is 9.59 Å². The second-order valence-corrected chi connectivity index (χ2v) is 4.78. The predicted octanol–water partition coefficient (Wildman–Crippen LogP) is 1.68. The van der Waals surface area contributed by atoms with E-state index in [1.807, 2.05) is 0 Å². The summed E-state index contributed by atoms with van der Waals surface area (Å²) in [4.78, 5) is 24.2. The molecule has 1 atom stereocenters. The lowest BCUT2D eigenvalue weighted by molar-refractivity contribution is -0.139. The van der Waals surface area contributed by atoms with E-state index in [1.165, 1.54) is 25.7 Å². The molecule has 0 saturated heterocycles. The molecule has 0 radical (unpaired) electrons. The van der Waals surface area contributed by atoms with E-state index >= 15 is 0 Å². The number of carboxylic acid groups (broad SMARTS) is 1. The molecule has 0 heterocycles. The number of hydrogen-bond acceptors (Lipinski definition) is 2. The van der Waals surface area contributed by atoms with Crippen LogP contribution in [0, 0.1) is 5.92 Å². The van der Waals surface area contributed by atoms with E-state index in [4.69, 9.17) is 5.11 Å². The first kappa shape index (κ1) is 13.8. The molecule has 1 aliphatic rings. The summed E-state index contributed by atoms with van der Waals surface area (Å²) in [7, 11) is 1.72. The van der Waals surface area contributed by atoms with Crippen molar-refractivity contribution in [2.75, 3.05) is 13.6 Å². The average molecular weight is 242 g/mol. The van der Waals surface area contributed by atoms with Crippen LogP contribution in [0.5, 0.6) is 0 Å². The summed E-state index contributed by atoms with van der Waals surface area (Å²) < 4.78 is 0. The van der Waals surface area contributed by atoms with Crippen LogP contribution in [0.1, 0.15) is 39.0 Å². The Balaban J connectivity index is 2.37. The maximum atomic E-state index is 11.8. The Morgan fingerprint density at radius 2 is 2.00 bits per heavy atom. The van der Waals surface area contributed by atoms with Crippen molar-refractivity contribution in [3.63, 3.8) is 0 Å². The lowest BCUT2D eigenvalue weighted by Crippen LogP contribution is -2.47. The molecule has 0 aromatic heterocycles. The van der Waals surface area contributed by atoms with E-state index in [-0.39, 0.29) is 6.03 Å². The van der Waals surface area contributed by atoms with Crippen molar-refractivity contribution in [3.05, 3.63) is 0 Å². The van der Waals surface area contributed by atoms with Gasteiger partial charge in [-0.15, -0.1) is 0 Å². The molecular formula is C12H22N2O3. The van der Waals surface area contributed by atoms with Gasteiger partial charge in [0.25, 0.3) is 0 Å². The van der Waals surface area contributed by atoms with Gasteiger partial charge >= 0.3 is 12.0 Å². The molecule has 0 bridgehead atoms. The van der Waals surface area contributed by atoms with Gasteiger partial charge in [0.2, 0.25) is 0 Å². The molecule has 1 aliphatic carbocycles. The SMILES string of the molecule is CCC(NC(=O)N(C)CC1CCCC1)C(=O)O. The average Bonchev–Trinajstić information content (AvgIpc) is 2.77. The first-order valence-corrected chi connectivity index (χ1v) is 6.29. The molecule has 0 aromatic rings. The lowest BCUT2D eigenvalue weighted by atomic mass is 10.1. The van der Waals surface area contributed by atoms with E-state index in [1.54, 1.807) is 18.9 Å². The lowest BCUT2D eigenvalue weighted by Gasteiger charge is -2.23. The van der Waals surface area contributed by atoms with E-state index in [2.05, 4.69) is 5.32 Å². The van der Waals surface area contributed by atoms with Gasteiger partial charge in [-0.3, -0.25) is 0 Å². The van der Waals surface area contributed by atoms with Crippen molar-refractivity contribution in [3.8, 4) is 0 Å². The Hall–Kier alpha value is -1.26. The Morgan fingerprint density at radius 1 is 1.41 bits per heavy atom. The van der Waals surface area contributed by atoms with E-state index in [0.29, 0.717) is 12.3 Å². The third kappa shape index (κ3) is 4.24. The highest BCUT2D eigenvalue weighted by atomic mass is 16.4. The van der Waals surface area contributed by atoms with Gasteiger partial charge in [-0.2, -0.15) is 0 Å². The molecule has 0 spiro atoms. The molecule has 1 fully saturated rings. The maximum Gasteiger partial charge on any atom is 0.326 e. The summed E-state index contributed by atoms with van der Waals surface area (Å²) in [6.45, 7) is 2.47. The van der Waals surface area contributed by atoms with Gasteiger partial charge in [0, 0.05) is 13.6 Å². The smallest absolute Gasteiger partial charge is 0.326 e. The number of hydrogen-bond donors (Lipinski definition) is 2. The third-order valence-electron chi connectivity index (χ3n) is 3.36. The molecular weight excluding hydrogens is 220 g/mol. The zero-order valence-electron chi connectivity index (χ0n) is 10.6. The van der Waals surface area contributed by atoms with Crippen molar-refractivity contribution in [2.45, 2.75) is 45.1 Å². The van der Waals surface area contributed by atoms with Crippen molar-refractivity contribution < 1.29 is 14.7 Å². The molecule has 17 heavy (non-hydrogen) atoms. The molecule has 1 rings (SSSR count). The largest absolute Gasteiger partial charge is 0.480 e. The summed E-state index contributed by atoms with van der Waals surface area (Å²) in [6.07, 6.45) is 5.24. The third-order valence-corrected chi connectivity index (χ3v) is 3.36. The zero-order chi connectivity index (χ0) is 12.8. The topological polar surface area (TPSA) is 69.6 Å². The number of rotatable bonds is 5. The van der Waals surface area contributed by atoms with Gasteiger partial charge in [0.05, 0.1) is 0 Å². The number of nitrogens with zero attached hydrogens (tertiary/aromatic N) is 1. The highest BCUT2D eigenvalue weighted by molar-refractivity contribution is 5.82. The number of carbonyl (C=O) groups excluding carboxylic acids is 1. The van der Waals surface area contributed by atoms with E-state index < -0.39 is 12.0 Å². The van der Waals surface area contributed by atoms with Crippen molar-refractivity contribution in [1.82, 2.24) is 10.2 Å². The van der Waals surface area contributed by atoms with E-state index in [0.717, 1.165) is 6.54 Å². The Morgan fingerprint density at radius 3 is 2.47 bits per heavy atom. The normalized spacial score (nSPS) is 17.8. The van der Waals surface area contributed by atoms with Gasteiger partial charge < -0.3 is 15.3 Å². The second kappa shape index (κ2) is 6.47. The number of carboxylic acids is 1. The molecule has 0 aliphatic heterocycles. The van der Waals surface area contributed by atoms with Crippen LogP contribution in [0.4, 0.5) is 4.79 Å². The Kier molecular flexibility index (Phi) is 5.25. The fourth-order valence-electron chi connectivity index (χ4n) is 2.26. The highest BCUT2D eigenvalue weighted by Crippen LogP contribution is 2.25. The number of nitrogens with one attached hydrogen (secondary N) is 1. The first-order valence-electron chi connectivity index (χ1n) is 6.29. The number of aliphatic carboxylic acids is 1. The molecule has 5 heteroatoms. The molecule has 0 aromatic carbocycles. The fraction of sp³-hybridized carbons (Fsp3) is 0.833. The molecule has 1 unspecified atom stereocenters. The standard InChI is InChI=1S/C12H22N2O3/c1-3-10(11(15)16)13-12(17)14(2)8-9-6-4-5-7-9/h9-10H,3-8H2,1-2H3,(H,13,17)(H,15,16). The van der Waals surface area contributed by atoms with Gasteiger partial charge in [0.1, 0.15) is 6.04 Å². The van der Waals surface area contributed by atoms with Gasteiger partial charge in [0.15, 0.2) is 0 Å². The monoisotopic (exact) mass is 242 g/mol. The molecule has 2 N–H and O–H groups in total. The van der Waals surface area contributed by atoms with Crippen LogP contribution in [0.25, 0.3) is 0 Å². The maximum absolute atomic E-state index is 11.8. The number of carbonyl (C=O) groups is 2. The minimum absolute atomic E-state index is 0.286. The highest BCUT2D eigenvalue weighted by Gasteiger charge is 2.22. The molecule has 1 saturated carbocycles. The molecule has 2 amide bonds. The summed E-state index contributed by atoms with van der Waals surface area (Å²) >= 11 is 0. The van der Waals surface area contributed by atoms with Crippen LogP contribution in [0.15, 0.2) is 0 Å². The van der Waals surface area contributed by atoms with Crippen LogP contribution in [0.3, 0.4) is 0 Å². The fourth-order valence-corrected chi connectivity index (χ4v) is 2.26. The summed E-state index contributed by atoms with van der Waals surface area (Å²) in [5.41, 5.74) is 0. The number of amides is 2. The van der Waals surface area contributed by atoms with Gasteiger partial charge in [-0.1, -0.05) is 19.8 Å². The first-order chi connectivity index (χ1) is 8.04. The quantitative estimate of drug-likeness (QED) is 0.770. The molecule has 5 nitrogen and oxygen atoms in total. The van der Waals surface area contributed by atoms with Crippen molar-refractivity contribution in [2.24, 2.45) is 5.92 Å². The van der Waals surface area contributed by atoms with Crippen LogP contribution in [0.2, 0.25) is 0 Å². The van der Waals surface area contributed by atoms with Crippen LogP contribution in [-0.4, -0.2) is 41.6 Å². The van der Waals surface area contributed by atoms with Crippen LogP contribution in [-0.2, 0) is 4.79 Å². The van der Waals surface area contributed by atoms with Gasteiger partial charge in [-0.25, -0.2) is 9.59 Å². The van der Waals surface area contributed by atoms with Crippen LogP contribution < -0.4 is 5.32 Å². The van der Waals surface area contributed by atoms with Crippen molar-refractivity contribution in [1.29, 1.82) is 0 Å². The Labute approximate surface area is 102 Å². The minimum atomic E-state index is -0.977. The summed E-state index contributed by atoms with van der Waals surface area (Å²) in [6, 6.07) is -1.07. The minimum Gasteiger partial charge on any atom is -0.480 e. The predicted molar refractivity (Wildman–Crippen MR) is 64.8 cm³/mol. The number of urea groups is 1. The zero-order valence-corrected chi connectivity index (χ0v) is 10.6. The summed E-state index contributed by atoms with van der Waals surface area (Å²) in [5, 5.41) is 11.4. The second-order valence-electron chi connectivity index (χ2n) is 4.78. The Bertz CT molecular complexity index is 275. The van der Waals surface area contributed by atoms with Crippen molar-refractivity contribution >= 4 is 12.0 Å². The summed E-state index contributed by atoms with van der Waals surface area (Å²) in [5.74, 6) is -0.397. The van der Waals surface area contributed by atoms with Gasteiger partial charge in [-0.05, 0) is 25.2 Å². The molecule has 98 valence electrons.